The lowest BCUT2D eigenvalue weighted by Crippen LogP contribution is -2.22. The Morgan fingerprint density at radius 2 is 1.86 bits per heavy atom. The molecule has 1 atom stereocenters. The van der Waals surface area contributed by atoms with Crippen LogP contribution in [-0.2, 0) is 23.6 Å². The van der Waals surface area contributed by atoms with Crippen molar-refractivity contribution in [2.45, 2.75) is 25.0 Å². The van der Waals surface area contributed by atoms with E-state index in [2.05, 4.69) is 4.98 Å². The first kappa shape index (κ1) is 21.8. The quantitative estimate of drug-likeness (QED) is 0.332. The van der Waals surface area contributed by atoms with Gasteiger partial charge < -0.3 is 9.30 Å². The summed E-state index contributed by atoms with van der Waals surface area (Å²) in [6, 6.07) is 11.1. The molecule has 0 aliphatic heterocycles. The van der Waals surface area contributed by atoms with E-state index in [0.29, 0.717) is 33.2 Å². The highest BCUT2D eigenvalue weighted by molar-refractivity contribution is 7.98. The molecule has 0 amide bonds. The maximum Gasteiger partial charge on any atom is 0.0946 e. The Bertz CT molecular complexity index is 905. The van der Waals surface area contributed by atoms with Crippen molar-refractivity contribution in [2.24, 2.45) is 0 Å². The van der Waals surface area contributed by atoms with Gasteiger partial charge in [0.2, 0.25) is 0 Å². The summed E-state index contributed by atoms with van der Waals surface area (Å²) in [5.41, 5.74) is 2.04. The second-order valence-electron chi connectivity index (χ2n) is 6.19. The van der Waals surface area contributed by atoms with Gasteiger partial charge in [0.1, 0.15) is 0 Å². The van der Waals surface area contributed by atoms with Gasteiger partial charge in [-0.2, -0.15) is 11.8 Å². The molecular formula is C20H18Cl4N2OS. The first-order valence-electron chi connectivity index (χ1n) is 8.54. The molecule has 3 rings (SSSR count). The van der Waals surface area contributed by atoms with Gasteiger partial charge in [0.05, 0.1) is 35.6 Å². The lowest BCUT2D eigenvalue weighted by Gasteiger charge is -2.19. The average Bonchev–Trinajstić information content (AvgIpc) is 3.17. The number of hydrogen-bond acceptors (Lipinski definition) is 3. The first-order valence-corrected chi connectivity index (χ1v) is 11.2. The maximum atomic E-state index is 6.26. The zero-order chi connectivity index (χ0) is 19.9. The van der Waals surface area contributed by atoms with E-state index in [0.717, 1.165) is 22.6 Å². The van der Waals surface area contributed by atoms with E-state index in [1.807, 2.05) is 35.0 Å². The fourth-order valence-corrected chi connectivity index (χ4v) is 4.50. The highest BCUT2D eigenvalue weighted by Crippen LogP contribution is 2.26. The summed E-state index contributed by atoms with van der Waals surface area (Å²) in [4.78, 5) is 4.10. The van der Waals surface area contributed by atoms with Crippen LogP contribution in [0.2, 0.25) is 20.1 Å². The van der Waals surface area contributed by atoms with Gasteiger partial charge >= 0.3 is 0 Å². The zero-order valence-corrected chi connectivity index (χ0v) is 18.7. The molecule has 0 bridgehead atoms. The van der Waals surface area contributed by atoms with E-state index >= 15 is 0 Å². The molecule has 0 saturated carbocycles. The van der Waals surface area contributed by atoms with Gasteiger partial charge in [-0.3, -0.25) is 0 Å². The Morgan fingerprint density at radius 1 is 1.00 bits per heavy atom. The van der Waals surface area contributed by atoms with Crippen LogP contribution in [0.1, 0.15) is 11.1 Å². The lowest BCUT2D eigenvalue weighted by molar-refractivity contribution is 0.0450. The van der Waals surface area contributed by atoms with Gasteiger partial charge in [-0.25, -0.2) is 4.98 Å². The van der Waals surface area contributed by atoms with E-state index in [9.17, 15) is 0 Å². The topological polar surface area (TPSA) is 27.1 Å². The van der Waals surface area contributed by atoms with Gasteiger partial charge in [0, 0.05) is 33.9 Å². The third-order valence-electron chi connectivity index (χ3n) is 4.02. The summed E-state index contributed by atoms with van der Waals surface area (Å²) >= 11 is 26.1. The molecule has 148 valence electrons. The van der Waals surface area contributed by atoms with Crippen LogP contribution < -0.4 is 0 Å². The molecule has 0 aliphatic carbocycles. The van der Waals surface area contributed by atoms with E-state index in [4.69, 9.17) is 51.1 Å². The molecule has 28 heavy (non-hydrogen) atoms. The minimum atomic E-state index is -0.000251. The van der Waals surface area contributed by atoms with E-state index in [-0.39, 0.29) is 6.10 Å². The van der Waals surface area contributed by atoms with Crippen molar-refractivity contribution in [1.82, 2.24) is 9.55 Å². The van der Waals surface area contributed by atoms with Crippen molar-refractivity contribution in [2.75, 3.05) is 5.75 Å². The molecule has 1 aromatic heterocycles. The third-order valence-corrected chi connectivity index (χ3v) is 6.47. The Kier molecular flexibility index (Phi) is 8.39. The second kappa shape index (κ2) is 10.8. The van der Waals surface area contributed by atoms with Crippen molar-refractivity contribution in [3.05, 3.63) is 86.3 Å². The predicted molar refractivity (Wildman–Crippen MR) is 120 cm³/mol. The monoisotopic (exact) mass is 474 g/mol. The molecule has 1 unspecified atom stereocenters. The summed E-state index contributed by atoms with van der Waals surface area (Å²) in [7, 11) is 0. The highest BCUT2D eigenvalue weighted by atomic mass is 35.5. The molecule has 0 N–H and O–H groups in total. The van der Waals surface area contributed by atoms with Crippen LogP contribution in [0.25, 0.3) is 0 Å². The van der Waals surface area contributed by atoms with E-state index in [1.165, 1.54) is 0 Å². The molecule has 8 heteroatoms. The van der Waals surface area contributed by atoms with Crippen molar-refractivity contribution < 1.29 is 4.74 Å². The van der Waals surface area contributed by atoms with Crippen LogP contribution in [0.3, 0.4) is 0 Å². The van der Waals surface area contributed by atoms with Gasteiger partial charge in [0.15, 0.2) is 0 Å². The number of thioether (sulfide) groups is 1. The normalized spacial score (nSPS) is 12.3. The van der Waals surface area contributed by atoms with E-state index < -0.39 is 0 Å². The minimum Gasteiger partial charge on any atom is -0.371 e. The summed E-state index contributed by atoms with van der Waals surface area (Å²) in [5, 5.41) is 2.39. The van der Waals surface area contributed by atoms with Crippen LogP contribution in [-0.4, -0.2) is 21.4 Å². The highest BCUT2D eigenvalue weighted by Gasteiger charge is 2.12. The summed E-state index contributed by atoms with van der Waals surface area (Å²) in [6.07, 6.45) is 5.48. The number of aromatic nitrogens is 2. The molecule has 0 aliphatic rings. The van der Waals surface area contributed by atoms with Gasteiger partial charge in [0.25, 0.3) is 0 Å². The molecular weight excluding hydrogens is 458 g/mol. The molecule has 1 heterocycles. The fourth-order valence-electron chi connectivity index (χ4n) is 2.57. The fraction of sp³-hybridized carbons (Fsp3) is 0.250. The average molecular weight is 476 g/mol. The summed E-state index contributed by atoms with van der Waals surface area (Å²) in [6.45, 7) is 1.17. The van der Waals surface area contributed by atoms with Crippen LogP contribution >= 0.6 is 58.2 Å². The number of nitrogens with zero attached hydrogens (tertiary/aromatic N) is 2. The smallest absolute Gasteiger partial charge is 0.0946 e. The van der Waals surface area contributed by atoms with Crippen molar-refractivity contribution in [3.8, 4) is 0 Å². The molecule has 3 aromatic rings. The number of ether oxygens (including phenoxy) is 1. The molecule has 0 radical (unpaired) electrons. The zero-order valence-electron chi connectivity index (χ0n) is 14.8. The van der Waals surface area contributed by atoms with Crippen LogP contribution in [0.5, 0.6) is 0 Å². The van der Waals surface area contributed by atoms with Crippen LogP contribution in [0, 0.1) is 0 Å². The number of imidazole rings is 1. The Hall–Kier alpha value is -0.880. The van der Waals surface area contributed by atoms with Gasteiger partial charge in [-0.15, -0.1) is 0 Å². The molecule has 0 spiro atoms. The van der Waals surface area contributed by atoms with E-state index in [1.54, 1.807) is 36.4 Å². The Balaban J connectivity index is 1.58. The number of hydrogen-bond donors (Lipinski definition) is 0. The largest absolute Gasteiger partial charge is 0.371 e. The maximum absolute atomic E-state index is 6.26. The number of benzene rings is 2. The SMILES string of the molecule is Clc1ccc(CSCC(Cn2ccnc2)OCc2ccc(Cl)c(Cl)c2)c(Cl)c1. The standard InChI is InChI=1S/C20H18Cl4N2OS/c21-16-3-2-15(19(23)8-16)11-28-12-17(9-26-6-5-25-13-26)27-10-14-1-4-18(22)20(24)7-14/h1-8,13,17H,9-12H2. The number of rotatable bonds is 9. The van der Waals surface area contributed by atoms with Crippen LogP contribution in [0.4, 0.5) is 0 Å². The predicted octanol–water partition coefficient (Wildman–Crippen LogP) is 7.02. The molecule has 0 saturated heterocycles. The Labute approximate surface area is 188 Å². The third kappa shape index (κ3) is 6.58. The summed E-state index contributed by atoms with van der Waals surface area (Å²) in [5.74, 6) is 1.59. The van der Waals surface area contributed by atoms with Crippen molar-refractivity contribution in [3.63, 3.8) is 0 Å². The van der Waals surface area contributed by atoms with Crippen LogP contribution in [0.15, 0.2) is 55.1 Å². The van der Waals surface area contributed by atoms with Gasteiger partial charge in [-0.05, 0) is 35.4 Å². The Morgan fingerprint density at radius 3 is 2.57 bits per heavy atom. The molecule has 2 aromatic carbocycles. The number of halogens is 4. The van der Waals surface area contributed by atoms with Crippen molar-refractivity contribution in [1.29, 1.82) is 0 Å². The lowest BCUT2D eigenvalue weighted by atomic mass is 10.2. The van der Waals surface area contributed by atoms with Gasteiger partial charge in [-0.1, -0.05) is 58.5 Å². The second-order valence-corrected chi connectivity index (χ2v) is 8.88. The molecule has 3 nitrogen and oxygen atoms in total. The van der Waals surface area contributed by atoms with Crippen molar-refractivity contribution >= 4 is 58.2 Å². The summed E-state index contributed by atoms with van der Waals surface area (Å²) < 4.78 is 8.17. The molecule has 0 fully saturated rings. The first-order chi connectivity index (χ1) is 13.5. The minimum absolute atomic E-state index is 0.000251.